The number of thioether (sulfide) groups is 1. The summed E-state index contributed by atoms with van der Waals surface area (Å²) in [5.41, 5.74) is 3.52. The summed E-state index contributed by atoms with van der Waals surface area (Å²) < 4.78 is 7.21. The van der Waals surface area contributed by atoms with Crippen molar-refractivity contribution < 1.29 is 14.1 Å². The molecule has 0 radical (unpaired) electrons. The molecular weight excluding hydrogens is 404 g/mol. The highest BCUT2D eigenvalue weighted by atomic mass is 32.2. The Labute approximate surface area is 187 Å². The third-order valence-electron chi connectivity index (χ3n) is 5.10. The minimum absolute atomic E-state index is 0.253. The van der Waals surface area contributed by atoms with Gasteiger partial charge in [0.05, 0.1) is 16.1 Å². The topological polar surface area (TPSA) is 33.4 Å². The Morgan fingerprint density at radius 2 is 1.87 bits per heavy atom. The van der Waals surface area contributed by atoms with Crippen LogP contribution in [-0.2, 0) is 16.1 Å². The van der Waals surface area contributed by atoms with E-state index in [1.807, 2.05) is 18.3 Å². The van der Waals surface area contributed by atoms with Gasteiger partial charge in [0.1, 0.15) is 0 Å². The SMILES string of the molecule is CC(=O)OCC[n+]1ccc(/C=C/C=C/C=C2\Sc3ccccc3N2C)c2ccccc21. The minimum Gasteiger partial charge on any atom is -0.459 e. The van der Waals surface area contributed by atoms with Crippen LogP contribution in [0.25, 0.3) is 17.0 Å². The molecule has 1 aliphatic rings. The van der Waals surface area contributed by atoms with Crippen LogP contribution in [0.5, 0.6) is 0 Å². The predicted molar refractivity (Wildman–Crippen MR) is 128 cm³/mol. The summed E-state index contributed by atoms with van der Waals surface area (Å²) in [6, 6.07) is 18.8. The van der Waals surface area contributed by atoms with Gasteiger partial charge in [-0.3, -0.25) is 4.79 Å². The average Bonchev–Trinajstić information content (AvgIpc) is 3.10. The van der Waals surface area contributed by atoms with Crippen LogP contribution in [0, 0.1) is 0 Å². The second-order valence-electron chi connectivity index (χ2n) is 7.20. The lowest BCUT2D eigenvalue weighted by Gasteiger charge is -2.12. The summed E-state index contributed by atoms with van der Waals surface area (Å²) >= 11 is 1.79. The van der Waals surface area contributed by atoms with E-state index in [-0.39, 0.29) is 5.97 Å². The zero-order valence-electron chi connectivity index (χ0n) is 17.7. The van der Waals surface area contributed by atoms with Crippen molar-refractivity contribution in [3.05, 3.63) is 95.7 Å². The first-order valence-electron chi connectivity index (χ1n) is 10.2. The number of rotatable bonds is 6. The first-order valence-corrected chi connectivity index (χ1v) is 11.1. The fourth-order valence-electron chi connectivity index (χ4n) is 3.56. The summed E-state index contributed by atoms with van der Waals surface area (Å²) in [6.45, 7) is 2.43. The van der Waals surface area contributed by atoms with Gasteiger partial charge in [0.15, 0.2) is 19.3 Å². The highest BCUT2D eigenvalue weighted by Crippen LogP contribution is 2.44. The van der Waals surface area contributed by atoms with E-state index >= 15 is 0 Å². The molecule has 5 heteroatoms. The summed E-state index contributed by atoms with van der Waals surface area (Å²) in [7, 11) is 2.10. The van der Waals surface area contributed by atoms with Gasteiger partial charge in [0, 0.05) is 31.0 Å². The van der Waals surface area contributed by atoms with Crippen LogP contribution in [0.1, 0.15) is 12.5 Å². The van der Waals surface area contributed by atoms with Crippen LogP contribution >= 0.6 is 11.8 Å². The molecule has 31 heavy (non-hydrogen) atoms. The van der Waals surface area contributed by atoms with Crippen molar-refractivity contribution >= 4 is 40.4 Å². The quantitative estimate of drug-likeness (QED) is 0.301. The molecule has 0 bridgehead atoms. The van der Waals surface area contributed by atoms with Gasteiger partial charge in [-0.25, -0.2) is 0 Å². The van der Waals surface area contributed by atoms with E-state index in [4.69, 9.17) is 4.74 Å². The third-order valence-corrected chi connectivity index (χ3v) is 6.29. The molecule has 0 fully saturated rings. The molecule has 4 nitrogen and oxygen atoms in total. The highest BCUT2D eigenvalue weighted by molar-refractivity contribution is 8.03. The number of esters is 1. The van der Waals surface area contributed by atoms with Crippen molar-refractivity contribution in [1.82, 2.24) is 0 Å². The molecule has 1 aliphatic heterocycles. The Balaban J connectivity index is 1.47. The van der Waals surface area contributed by atoms with Gasteiger partial charge in [-0.05, 0) is 29.8 Å². The van der Waals surface area contributed by atoms with Crippen molar-refractivity contribution in [1.29, 1.82) is 0 Å². The number of fused-ring (bicyclic) bond motifs is 2. The maximum Gasteiger partial charge on any atom is 0.302 e. The standard InChI is InChI=1S/C26H25N2O2S/c1-20(29)30-19-18-28-17-16-21(22-11-6-7-12-23(22)28)10-4-3-5-15-26-27(2)24-13-8-9-14-25(24)31-26/h3-17H,18-19H2,1-2H3/q+1. The molecule has 0 unspecified atom stereocenters. The number of para-hydroxylation sites is 2. The number of carbonyl (C=O) groups is 1. The molecule has 2 heterocycles. The number of anilines is 1. The minimum atomic E-state index is -0.253. The number of ether oxygens (including phenoxy) is 1. The zero-order valence-corrected chi connectivity index (χ0v) is 18.5. The zero-order chi connectivity index (χ0) is 21.6. The molecule has 4 rings (SSSR count). The number of aromatic nitrogens is 1. The molecule has 0 saturated carbocycles. The van der Waals surface area contributed by atoms with Crippen molar-refractivity contribution in [2.75, 3.05) is 18.6 Å². The number of pyridine rings is 1. The lowest BCUT2D eigenvalue weighted by Crippen LogP contribution is -2.36. The molecule has 0 amide bonds. The van der Waals surface area contributed by atoms with Crippen molar-refractivity contribution in [2.45, 2.75) is 18.4 Å². The molecule has 0 saturated heterocycles. The predicted octanol–water partition coefficient (Wildman–Crippen LogP) is 5.34. The second kappa shape index (κ2) is 9.67. The molecule has 156 valence electrons. The van der Waals surface area contributed by atoms with Crippen LogP contribution in [-0.4, -0.2) is 19.6 Å². The number of nitrogens with zero attached hydrogens (tertiary/aromatic N) is 2. The molecular formula is C26H25N2O2S+. The van der Waals surface area contributed by atoms with E-state index in [2.05, 4.69) is 89.4 Å². The molecule has 0 N–H and O–H groups in total. The van der Waals surface area contributed by atoms with E-state index in [1.165, 1.54) is 22.5 Å². The van der Waals surface area contributed by atoms with Crippen LogP contribution in [0.15, 0.2) is 95.0 Å². The smallest absolute Gasteiger partial charge is 0.302 e. The highest BCUT2D eigenvalue weighted by Gasteiger charge is 2.20. The number of hydrogen-bond donors (Lipinski definition) is 0. The normalized spacial score (nSPS) is 14.8. The molecule has 0 spiro atoms. The van der Waals surface area contributed by atoms with Gasteiger partial charge in [0.25, 0.3) is 0 Å². The number of carbonyl (C=O) groups excluding carboxylic acids is 1. The fourth-order valence-corrected chi connectivity index (χ4v) is 4.63. The van der Waals surface area contributed by atoms with Gasteiger partial charge in [-0.1, -0.05) is 60.3 Å². The monoisotopic (exact) mass is 429 g/mol. The van der Waals surface area contributed by atoms with Crippen molar-refractivity contribution in [3.8, 4) is 0 Å². The maximum absolute atomic E-state index is 11.0. The van der Waals surface area contributed by atoms with Crippen LogP contribution in [0.3, 0.4) is 0 Å². The van der Waals surface area contributed by atoms with Gasteiger partial charge in [0.2, 0.25) is 5.52 Å². The van der Waals surface area contributed by atoms with Crippen molar-refractivity contribution in [3.63, 3.8) is 0 Å². The van der Waals surface area contributed by atoms with Gasteiger partial charge >= 0.3 is 5.97 Å². The summed E-state index contributed by atoms with van der Waals surface area (Å²) in [5.74, 6) is -0.253. The lowest BCUT2D eigenvalue weighted by atomic mass is 10.1. The molecule has 2 aromatic carbocycles. The Kier molecular flexibility index (Phi) is 6.53. The molecule has 0 atom stereocenters. The molecule has 1 aromatic heterocycles. The van der Waals surface area contributed by atoms with E-state index < -0.39 is 0 Å². The summed E-state index contributed by atoms with van der Waals surface area (Å²) in [5, 5.41) is 2.38. The number of benzene rings is 2. The van der Waals surface area contributed by atoms with E-state index in [0.717, 1.165) is 16.5 Å². The van der Waals surface area contributed by atoms with E-state index in [0.29, 0.717) is 13.2 Å². The Morgan fingerprint density at radius 3 is 2.71 bits per heavy atom. The average molecular weight is 430 g/mol. The Hall–Kier alpha value is -3.31. The Morgan fingerprint density at radius 1 is 1.06 bits per heavy atom. The van der Waals surface area contributed by atoms with Gasteiger partial charge in [-0.15, -0.1) is 0 Å². The Bertz CT molecular complexity index is 1200. The number of allylic oxidation sites excluding steroid dienone is 4. The van der Waals surface area contributed by atoms with Crippen LogP contribution in [0.2, 0.25) is 0 Å². The van der Waals surface area contributed by atoms with Gasteiger partial charge < -0.3 is 9.64 Å². The number of hydrogen-bond acceptors (Lipinski definition) is 4. The summed E-state index contributed by atoms with van der Waals surface area (Å²) in [4.78, 5) is 14.5. The van der Waals surface area contributed by atoms with E-state index in [9.17, 15) is 4.79 Å². The van der Waals surface area contributed by atoms with Crippen LogP contribution in [0.4, 0.5) is 5.69 Å². The van der Waals surface area contributed by atoms with Gasteiger partial charge in [-0.2, -0.15) is 4.57 Å². The lowest BCUT2D eigenvalue weighted by molar-refractivity contribution is -0.672. The fraction of sp³-hybridized carbons (Fsp3) is 0.154. The summed E-state index contributed by atoms with van der Waals surface area (Å²) in [6.07, 6.45) is 12.5. The molecule has 3 aromatic rings. The molecule has 0 aliphatic carbocycles. The first kappa shape index (κ1) is 20.9. The van der Waals surface area contributed by atoms with Crippen molar-refractivity contribution in [2.24, 2.45) is 0 Å². The maximum atomic E-state index is 11.0. The first-order chi connectivity index (χ1) is 15.1. The van der Waals surface area contributed by atoms with E-state index in [1.54, 1.807) is 11.8 Å². The second-order valence-corrected chi connectivity index (χ2v) is 8.26. The largest absolute Gasteiger partial charge is 0.459 e. The van der Waals surface area contributed by atoms with Crippen LogP contribution < -0.4 is 9.47 Å². The third kappa shape index (κ3) is 4.89.